The van der Waals surface area contributed by atoms with Crippen LogP contribution in [-0.2, 0) is 10.0 Å². The first-order valence-electron chi connectivity index (χ1n) is 8.69. The molecule has 0 saturated heterocycles. The van der Waals surface area contributed by atoms with E-state index < -0.39 is 10.0 Å². The molecule has 1 aliphatic rings. The lowest BCUT2D eigenvalue weighted by atomic mass is 9.97. The van der Waals surface area contributed by atoms with Crippen LogP contribution in [0.5, 0.6) is 0 Å². The van der Waals surface area contributed by atoms with Gasteiger partial charge in [-0.1, -0.05) is 42.0 Å². The summed E-state index contributed by atoms with van der Waals surface area (Å²) in [6.07, 6.45) is 6.42. The van der Waals surface area contributed by atoms with Gasteiger partial charge < -0.3 is 0 Å². The van der Waals surface area contributed by atoms with Crippen molar-refractivity contribution in [1.29, 1.82) is 0 Å². The van der Waals surface area contributed by atoms with E-state index in [-0.39, 0.29) is 0 Å². The average Bonchev–Trinajstić information content (AvgIpc) is 3.03. The molecule has 1 aromatic heterocycles. The molecular weight excluding hydrogens is 330 g/mol. The van der Waals surface area contributed by atoms with Gasteiger partial charge in [-0.25, -0.2) is 12.4 Å². The Morgan fingerprint density at radius 3 is 2.44 bits per heavy atom. The number of aromatic nitrogens is 1. The maximum absolute atomic E-state index is 13.4. The predicted molar refractivity (Wildman–Crippen MR) is 102 cm³/mol. The molecule has 4 heteroatoms. The SMILES string of the molecule is Cc1ccc(S(=O)(=O)n2c(C3=CCCCC3)cc3ccccc32)cc1. The number of aryl methyl sites for hydroxylation is 1. The monoisotopic (exact) mass is 351 g/mol. The van der Waals surface area contributed by atoms with Crippen LogP contribution in [-0.4, -0.2) is 12.4 Å². The van der Waals surface area contributed by atoms with Crippen molar-refractivity contribution in [1.82, 2.24) is 3.97 Å². The molecule has 0 N–H and O–H groups in total. The largest absolute Gasteiger partial charge is 0.268 e. The molecule has 0 saturated carbocycles. The van der Waals surface area contributed by atoms with Crippen molar-refractivity contribution < 1.29 is 8.42 Å². The maximum atomic E-state index is 13.4. The van der Waals surface area contributed by atoms with Crippen LogP contribution in [0.3, 0.4) is 0 Å². The second-order valence-electron chi connectivity index (χ2n) is 6.65. The summed E-state index contributed by atoms with van der Waals surface area (Å²) in [5, 5.41) is 0.958. The first-order chi connectivity index (χ1) is 12.1. The van der Waals surface area contributed by atoms with Gasteiger partial charge in [-0.05, 0) is 62.4 Å². The summed E-state index contributed by atoms with van der Waals surface area (Å²) in [7, 11) is -3.64. The van der Waals surface area contributed by atoms with Crippen LogP contribution >= 0.6 is 0 Å². The van der Waals surface area contributed by atoms with Gasteiger partial charge in [0, 0.05) is 5.39 Å². The minimum Gasteiger partial charge on any atom is -0.234 e. The van der Waals surface area contributed by atoms with Crippen LogP contribution in [0, 0.1) is 6.92 Å². The molecule has 25 heavy (non-hydrogen) atoms. The molecule has 0 fully saturated rings. The Balaban J connectivity index is 1.99. The Hall–Kier alpha value is -2.33. The van der Waals surface area contributed by atoms with Crippen molar-refractivity contribution in [3.05, 3.63) is 71.9 Å². The van der Waals surface area contributed by atoms with Crippen LogP contribution in [0.1, 0.15) is 36.9 Å². The normalized spacial score (nSPS) is 15.3. The molecule has 0 amide bonds. The Kier molecular flexibility index (Phi) is 4.00. The lowest BCUT2D eigenvalue weighted by molar-refractivity contribution is 0.588. The van der Waals surface area contributed by atoms with Crippen molar-refractivity contribution in [2.45, 2.75) is 37.5 Å². The van der Waals surface area contributed by atoms with Gasteiger partial charge in [-0.3, -0.25) is 0 Å². The van der Waals surface area contributed by atoms with Crippen molar-refractivity contribution in [2.24, 2.45) is 0 Å². The molecule has 3 aromatic rings. The smallest absolute Gasteiger partial charge is 0.234 e. The van der Waals surface area contributed by atoms with E-state index in [1.165, 1.54) is 10.4 Å². The van der Waals surface area contributed by atoms with Crippen molar-refractivity contribution in [3.63, 3.8) is 0 Å². The molecule has 128 valence electrons. The number of hydrogen-bond acceptors (Lipinski definition) is 2. The van der Waals surface area contributed by atoms with Crippen molar-refractivity contribution in [2.75, 3.05) is 0 Å². The summed E-state index contributed by atoms with van der Waals surface area (Å²) in [6, 6.07) is 16.8. The Morgan fingerprint density at radius 1 is 0.960 bits per heavy atom. The number of benzene rings is 2. The average molecular weight is 351 g/mol. The van der Waals surface area contributed by atoms with Gasteiger partial charge in [-0.15, -0.1) is 0 Å². The topological polar surface area (TPSA) is 39.1 Å². The predicted octanol–water partition coefficient (Wildman–Crippen LogP) is 5.14. The van der Waals surface area contributed by atoms with E-state index in [1.54, 1.807) is 12.1 Å². The van der Waals surface area contributed by atoms with E-state index in [0.717, 1.165) is 47.0 Å². The second-order valence-corrected chi connectivity index (χ2v) is 8.43. The van der Waals surface area contributed by atoms with E-state index in [2.05, 4.69) is 6.08 Å². The summed E-state index contributed by atoms with van der Waals surface area (Å²) in [4.78, 5) is 0.331. The van der Waals surface area contributed by atoms with Crippen LogP contribution in [0.25, 0.3) is 16.5 Å². The zero-order chi connectivity index (χ0) is 17.4. The van der Waals surface area contributed by atoms with Gasteiger partial charge in [0.1, 0.15) is 0 Å². The number of hydrogen-bond donors (Lipinski definition) is 0. The van der Waals surface area contributed by atoms with E-state index in [9.17, 15) is 8.42 Å². The summed E-state index contributed by atoms with van der Waals surface area (Å²) in [6.45, 7) is 1.96. The number of para-hydroxylation sites is 1. The highest BCUT2D eigenvalue weighted by Gasteiger charge is 2.24. The highest BCUT2D eigenvalue weighted by atomic mass is 32.2. The van der Waals surface area contributed by atoms with Gasteiger partial charge in [0.15, 0.2) is 0 Å². The lowest BCUT2D eigenvalue weighted by Gasteiger charge is -2.17. The first-order valence-corrected chi connectivity index (χ1v) is 10.1. The van der Waals surface area contributed by atoms with Crippen LogP contribution < -0.4 is 0 Å². The van der Waals surface area contributed by atoms with Gasteiger partial charge in [0.05, 0.1) is 16.1 Å². The van der Waals surface area contributed by atoms with E-state index in [4.69, 9.17) is 0 Å². The molecule has 0 spiro atoms. The van der Waals surface area contributed by atoms with E-state index in [0.29, 0.717) is 4.90 Å². The summed E-state index contributed by atoms with van der Waals surface area (Å²) in [5.41, 5.74) is 3.73. The molecule has 4 rings (SSSR count). The minimum atomic E-state index is -3.64. The quantitative estimate of drug-likeness (QED) is 0.655. The highest BCUT2D eigenvalue weighted by Crippen LogP contribution is 2.34. The van der Waals surface area contributed by atoms with Gasteiger partial charge >= 0.3 is 0 Å². The third-order valence-corrected chi connectivity index (χ3v) is 6.59. The third-order valence-electron chi connectivity index (χ3n) is 4.85. The van der Waals surface area contributed by atoms with Crippen molar-refractivity contribution in [3.8, 4) is 0 Å². The Morgan fingerprint density at radius 2 is 1.72 bits per heavy atom. The van der Waals surface area contributed by atoms with Gasteiger partial charge in [0.2, 0.25) is 0 Å². The lowest BCUT2D eigenvalue weighted by Crippen LogP contribution is -2.16. The summed E-state index contributed by atoms with van der Waals surface area (Å²) >= 11 is 0. The fourth-order valence-electron chi connectivity index (χ4n) is 3.50. The molecule has 1 heterocycles. The first kappa shape index (κ1) is 16.2. The molecular formula is C21H21NO2S. The molecule has 2 aromatic carbocycles. The highest BCUT2D eigenvalue weighted by molar-refractivity contribution is 7.90. The van der Waals surface area contributed by atoms with Crippen molar-refractivity contribution >= 4 is 26.5 Å². The minimum absolute atomic E-state index is 0.331. The molecule has 3 nitrogen and oxygen atoms in total. The number of rotatable bonds is 3. The Labute approximate surface area is 148 Å². The van der Waals surface area contributed by atoms with E-state index >= 15 is 0 Å². The maximum Gasteiger partial charge on any atom is 0.268 e. The second kappa shape index (κ2) is 6.19. The standard InChI is InChI=1S/C21H21NO2S/c1-16-11-13-19(14-12-16)25(23,24)22-20-10-6-5-9-18(20)15-21(22)17-7-3-2-4-8-17/h5-7,9-15H,2-4,8H2,1H3. The van der Waals surface area contributed by atoms with Crippen LogP contribution in [0.2, 0.25) is 0 Å². The van der Waals surface area contributed by atoms with Crippen LogP contribution in [0.15, 0.2) is 65.6 Å². The molecule has 0 radical (unpaired) electrons. The molecule has 0 atom stereocenters. The van der Waals surface area contributed by atoms with Gasteiger partial charge in [-0.2, -0.15) is 0 Å². The fourth-order valence-corrected chi connectivity index (χ4v) is 5.04. The molecule has 1 aliphatic carbocycles. The summed E-state index contributed by atoms with van der Waals surface area (Å²) < 4.78 is 28.4. The van der Waals surface area contributed by atoms with Crippen LogP contribution in [0.4, 0.5) is 0 Å². The molecule has 0 aliphatic heterocycles. The number of nitrogens with zero attached hydrogens (tertiary/aromatic N) is 1. The molecule has 0 bridgehead atoms. The molecule has 0 unspecified atom stereocenters. The van der Waals surface area contributed by atoms with Gasteiger partial charge in [0.25, 0.3) is 10.0 Å². The zero-order valence-corrected chi connectivity index (χ0v) is 15.1. The fraction of sp³-hybridized carbons (Fsp3) is 0.238. The van der Waals surface area contributed by atoms with E-state index in [1.807, 2.05) is 49.4 Å². The third kappa shape index (κ3) is 2.81. The zero-order valence-electron chi connectivity index (χ0n) is 14.3. The summed E-state index contributed by atoms with van der Waals surface area (Å²) in [5.74, 6) is 0. The Bertz CT molecular complexity index is 1060. The number of fused-ring (bicyclic) bond motifs is 1. The number of allylic oxidation sites excluding steroid dienone is 2.